The van der Waals surface area contributed by atoms with Crippen molar-refractivity contribution < 1.29 is 9.53 Å². The molecule has 1 heterocycles. The maximum atomic E-state index is 13.1. The first-order chi connectivity index (χ1) is 12.5. The number of carbonyl (C=O) groups is 1. The number of para-hydroxylation sites is 1. The summed E-state index contributed by atoms with van der Waals surface area (Å²) in [5.74, 6) is 0.758. The van der Waals surface area contributed by atoms with Crippen molar-refractivity contribution in [3.63, 3.8) is 0 Å². The van der Waals surface area contributed by atoms with Crippen molar-refractivity contribution in [1.29, 1.82) is 0 Å². The van der Waals surface area contributed by atoms with Crippen LogP contribution >= 0.6 is 0 Å². The number of amides is 1. The molecule has 0 bridgehead atoms. The highest BCUT2D eigenvalue weighted by Crippen LogP contribution is 2.30. The van der Waals surface area contributed by atoms with Gasteiger partial charge < -0.3 is 14.6 Å². The predicted octanol–water partition coefficient (Wildman–Crippen LogP) is 5.24. The highest BCUT2D eigenvalue weighted by Gasteiger charge is 2.21. The van der Waals surface area contributed by atoms with Gasteiger partial charge in [0, 0.05) is 23.1 Å². The maximum absolute atomic E-state index is 13.1. The van der Waals surface area contributed by atoms with Gasteiger partial charge in [-0.15, -0.1) is 0 Å². The molecule has 0 aliphatic carbocycles. The molecule has 3 rings (SSSR count). The number of ether oxygens (including phenoxy) is 1. The number of carbonyl (C=O) groups excluding carboxylic acids is 1. The van der Waals surface area contributed by atoms with E-state index in [1.54, 1.807) is 0 Å². The molecule has 2 aromatic carbocycles. The van der Waals surface area contributed by atoms with Gasteiger partial charge in [-0.3, -0.25) is 4.79 Å². The van der Waals surface area contributed by atoms with Crippen LogP contribution in [-0.4, -0.2) is 17.1 Å². The van der Waals surface area contributed by atoms with Crippen LogP contribution in [-0.2, 0) is 6.54 Å². The fraction of sp³-hybridized carbons (Fsp3) is 0.318. The first kappa shape index (κ1) is 18.1. The Morgan fingerprint density at radius 1 is 1.08 bits per heavy atom. The number of nitrogens with one attached hydrogen (secondary N) is 1. The van der Waals surface area contributed by atoms with Crippen LogP contribution in [0, 0.1) is 20.8 Å². The number of anilines is 1. The Hall–Kier alpha value is -2.75. The molecule has 0 radical (unpaired) electrons. The zero-order valence-corrected chi connectivity index (χ0v) is 16.1. The third kappa shape index (κ3) is 3.07. The lowest BCUT2D eigenvalue weighted by molar-refractivity contribution is 0.101. The molecule has 136 valence electrons. The standard InChI is InChI=1S/C22H26N2O2/c1-6-24-19-12-11-17(26-7-2)13-18(19)16(5)21(24)22(25)23-20-14(3)9-8-10-15(20)4/h8-13H,6-7H2,1-5H3,(H,23,25). The van der Waals surface area contributed by atoms with Gasteiger partial charge in [-0.05, 0) is 69.5 Å². The summed E-state index contributed by atoms with van der Waals surface area (Å²) in [6.07, 6.45) is 0. The molecule has 0 saturated heterocycles. The summed E-state index contributed by atoms with van der Waals surface area (Å²) in [5, 5.41) is 4.18. The molecule has 0 aliphatic rings. The van der Waals surface area contributed by atoms with Crippen molar-refractivity contribution >= 4 is 22.5 Å². The normalized spacial score (nSPS) is 11.0. The first-order valence-electron chi connectivity index (χ1n) is 9.11. The number of fused-ring (bicyclic) bond motifs is 1. The van der Waals surface area contributed by atoms with Gasteiger partial charge in [0.2, 0.25) is 0 Å². The Kier molecular flexibility index (Phi) is 5.03. The lowest BCUT2D eigenvalue weighted by Crippen LogP contribution is -2.19. The van der Waals surface area contributed by atoms with Gasteiger partial charge in [0.25, 0.3) is 5.91 Å². The lowest BCUT2D eigenvalue weighted by Gasteiger charge is -2.13. The van der Waals surface area contributed by atoms with Crippen molar-refractivity contribution in [2.45, 2.75) is 41.2 Å². The minimum atomic E-state index is -0.0732. The van der Waals surface area contributed by atoms with E-state index in [0.717, 1.165) is 45.6 Å². The average molecular weight is 350 g/mol. The quantitative estimate of drug-likeness (QED) is 0.684. The summed E-state index contributed by atoms with van der Waals surface area (Å²) < 4.78 is 7.70. The molecule has 1 amide bonds. The largest absolute Gasteiger partial charge is 0.494 e. The fourth-order valence-electron chi connectivity index (χ4n) is 3.56. The minimum Gasteiger partial charge on any atom is -0.494 e. The van der Waals surface area contributed by atoms with Crippen LogP contribution < -0.4 is 10.1 Å². The molecule has 0 saturated carbocycles. The van der Waals surface area contributed by atoms with Crippen LogP contribution in [0.1, 0.15) is 41.0 Å². The van der Waals surface area contributed by atoms with Crippen molar-refractivity contribution in [2.75, 3.05) is 11.9 Å². The van der Waals surface area contributed by atoms with Crippen LogP contribution in [0.2, 0.25) is 0 Å². The van der Waals surface area contributed by atoms with Gasteiger partial charge in [-0.1, -0.05) is 18.2 Å². The highest BCUT2D eigenvalue weighted by molar-refractivity contribution is 6.09. The first-order valence-corrected chi connectivity index (χ1v) is 9.11. The number of aromatic nitrogens is 1. The van der Waals surface area contributed by atoms with E-state index in [1.807, 2.05) is 64.1 Å². The molecule has 0 spiro atoms. The second-order valence-electron chi connectivity index (χ2n) is 6.55. The van der Waals surface area contributed by atoms with Gasteiger partial charge in [0.1, 0.15) is 11.4 Å². The fourth-order valence-corrected chi connectivity index (χ4v) is 3.56. The molecule has 0 fully saturated rings. The second-order valence-corrected chi connectivity index (χ2v) is 6.55. The predicted molar refractivity (Wildman–Crippen MR) is 107 cm³/mol. The van der Waals surface area contributed by atoms with Crippen molar-refractivity contribution in [2.24, 2.45) is 0 Å². The lowest BCUT2D eigenvalue weighted by atomic mass is 10.1. The van der Waals surface area contributed by atoms with Gasteiger partial charge in [0.15, 0.2) is 0 Å². The van der Waals surface area contributed by atoms with E-state index in [1.165, 1.54) is 0 Å². The van der Waals surface area contributed by atoms with E-state index in [9.17, 15) is 4.79 Å². The van der Waals surface area contributed by atoms with Crippen LogP contribution in [0.5, 0.6) is 5.75 Å². The molecule has 1 N–H and O–H groups in total. The van der Waals surface area contributed by atoms with E-state index >= 15 is 0 Å². The summed E-state index contributed by atoms with van der Waals surface area (Å²) >= 11 is 0. The van der Waals surface area contributed by atoms with E-state index in [2.05, 4.69) is 16.8 Å². The number of rotatable bonds is 5. The van der Waals surface area contributed by atoms with Gasteiger partial charge in [-0.2, -0.15) is 0 Å². The highest BCUT2D eigenvalue weighted by atomic mass is 16.5. The third-order valence-corrected chi connectivity index (χ3v) is 4.85. The summed E-state index contributed by atoms with van der Waals surface area (Å²) in [6.45, 7) is 11.4. The third-order valence-electron chi connectivity index (χ3n) is 4.85. The molecule has 26 heavy (non-hydrogen) atoms. The summed E-state index contributed by atoms with van der Waals surface area (Å²) in [6, 6.07) is 12.1. The average Bonchev–Trinajstić information content (AvgIpc) is 2.90. The minimum absolute atomic E-state index is 0.0732. The SMILES string of the molecule is CCOc1ccc2c(c1)c(C)c(C(=O)Nc1c(C)cccc1C)n2CC. The Bertz CT molecular complexity index is 950. The smallest absolute Gasteiger partial charge is 0.272 e. The maximum Gasteiger partial charge on any atom is 0.272 e. The summed E-state index contributed by atoms with van der Waals surface area (Å²) in [7, 11) is 0. The molecular formula is C22H26N2O2. The van der Waals surface area contributed by atoms with Crippen LogP contribution in [0.4, 0.5) is 5.69 Å². The van der Waals surface area contributed by atoms with Crippen LogP contribution in [0.25, 0.3) is 10.9 Å². The van der Waals surface area contributed by atoms with Gasteiger partial charge >= 0.3 is 0 Å². The Balaban J connectivity index is 2.08. The number of benzene rings is 2. The van der Waals surface area contributed by atoms with Gasteiger partial charge in [0.05, 0.1) is 6.61 Å². The summed E-state index contributed by atoms with van der Waals surface area (Å²) in [4.78, 5) is 13.1. The molecule has 0 unspecified atom stereocenters. The topological polar surface area (TPSA) is 43.3 Å². The molecule has 4 heteroatoms. The molecular weight excluding hydrogens is 324 g/mol. The molecule has 0 atom stereocenters. The Labute approximate surface area is 154 Å². The zero-order chi connectivity index (χ0) is 18.8. The van der Waals surface area contributed by atoms with E-state index in [0.29, 0.717) is 12.3 Å². The number of hydrogen-bond acceptors (Lipinski definition) is 2. The monoisotopic (exact) mass is 350 g/mol. The molecule has 4 nitrogen and oxygen atoms in total. The van der Waals surface area contributed by atoms with Crippen LogP contribution in [0.15, 0.2) is 36.4 Å². The van der Waals surface area contributed by atoms with Crippen molar-refractivity contribution in [3.8, 4) is 5.75 Å². The van der Waals surface area contributed by atoms with E-state index in [4.69, 9.17) is 4.74 Å². The number of hydrogen-bond donors (Lipinski definition) is 1. The second kappa shape index (κ2) is 7.24. The van der Waals surface area contributed by atoms with Gasteiger partial charge in [-0.25, -0.2) is 0 Å². The van der Waals surface area contributed by atoms with Crippen molar-refractivity contribution in [1.82, 2.24) is 4.57 Å². The molecule has 0 aliphatic heterocycles. The Morgan fingerprint density at radius 3 is 2.38 bits per heavy atom. The van der Waals surface area contributed by atoms with Crippen molar-refractivity contribution in [3.05, 3.63) is 58.8 Å². The Morgan fingerprint density at radius 2 is 1.77 bits per heavy atom. The van der Waals surface area contributed by atoms with Crippen LogP contribution in [0.3, 0.4) is 0 Å². The van der Waals surface area contributed by atoms with E-state index in [-0.39, 0.29) is 5.91 Å². The summed E-state index contributed by atoms with van der Waals surface area (Å²) in [5.41, 5.74) is 5.76. The number of aryl methyl sites for hydroxylation is 4. The number of nitrogens with zero attached hydrogens (tertiary/aromatic N) is 1. The molecule has 3 aromatic rings. The van der Waals surface area contributed by atoms with E-state index < -0.39 is 0 Å². The molecule has 1 aromatic heterocycles. The zero-order valence-electron chi connectivity index (χ0n) is 16.1.